The molecular formula is C15H18Cl2N2O. The van der Waals surface area contributed by atoms with Crippen molar-refractivity contribution in [3.63, 3.8) is 0 Å². The molecule has 1 atom stereocenters. The quantitative estimate of drug-likeness (QED) is 0.906. The number of aryl methyl sites for hydroxylation is 1. The van der Waals surface area contributed by atoms with Crippen LogP contribution in [0.25, 0.3) is 0 Å². The lowest BCUT2D eigenvalue weighted by atomic mass is 10.1. The van der Waals surface area contributed by atoms with Crippen LogP contribution in [0.2, 0.25) is 10.0 Å². The van der Waals surface area contributed by atoms with Crippen molar-refractivity contribution in [1.29, 1.82) is 0 Å². The fourth-order valence-corrected chi connectivity index (χ4v) is 2.81. The predicted molar refractivity (Wildman–Crippen MR) is 83.2 cm³/mol. The molecule has 1 unspecified atom stereocenters. The maximum Gasteiger partial charge on any atom is 0.118 e. The van der Waals surface area contributed by atoms with Crippen molar-refractivity contribution < 1.29 is 4.42 Å². The van der Waals surface area contributed by atoms with Crippen LogP contribution < -0.4 is 5.73 Å². The van der Waals surface area contributed by atoms with Gasteiger partial charge in [-0.1, -0.05) is 23.2 Å². The van der Waals surface area contributed by atoms with Gasteiger partial charge < -0.3 is 10.2 Å². The molecule has 1 aromatic carbocycles. The molecule has 2 aromatic rings. The van der Waals surface area contributed by atoms with E-state index in [1.165, 1.54) is 0 Å². The molecule has 1 heterocycles. The van der Waals surface area contributed by atoms with Gasteiger partial charge in [0.25, 0.3) is 0 Å². The summed E-state index contributed by atoms with van der Waals surface area (Å²) in [4.78, 5) is 2.13. The molecule has 5 heteroatoms. The fourth-order valence-electron chi connectivity index (χ4n) is 2.26. The number of nitrogens with two attached hydrogens (primary N) is 1. The lowest BCUT2D eigenvalue weighted by molar-refractivity contribution is 0.221. The highest BCUT2D eigenvalue weighted by Gasteiger charge is 2.18. The molecular weight excluding hydrogens is 295 g/mol. The third-order valence-corrected chi connectivity index (χ3v) is 3.66. The van der Waals surface area contributed by atoms with Crippen LogP contribution in [0, 0.1) is 6.92 Å². The summed E-state index contributed by atoms with van der Waals surface area (Å²) in [6, 6.07) is 9.48. The zero-order valence-corrected chi connectivity index (χ0v) is 13.1. The van der Waals surface area contributed by atoms with Gasteiger partial charge in [0.2, 0.25) is 0 Å². The summed E-state index contributed by atoms with van der Waals surface area (Å²) in [6.45, 7) is 3.09. The average Bonchev–Trinajstić information content (AvgIpc) is 2.74. The van der Waals surface area contributed by atoms with E-state index in [4.69, 9.17) is 33.4 Å². The van der Waals surface area contributed by atoms with Crippen LogP contribution in [0.15, 0.2) is 34.7 Å². The highest BCUT2D eigenvalue weighted by atomic mass is 35.5. The molecule has 0 fully saturated rings. The Morgan fingerprint density at radius 3 is 2.35 bits per heavy atom. The van der Waals surface area contributed by atoms with Crippen LogP contribution in [0.3, 0.4) is 0 Å². The summed E-state index contributed by atoms with van der Waals surface area (Å²) < 4.78 is 5.60. The topological polar surface area (TPSA) is 42.4 Å². The average molecular weight is 313 g/mol. The second-order valence-corrected chi connectivity index (χ2v) is 5.75. The van der Waals surface area contributed by atoms with E-state index in [1.54, 1.807) is 6.07 Å². The molecule has 0 radical (unpaired) electrons. The number of hydrogen-bond acceptors (Lipinski definition) is 3. The van der Waals surface area contributed by atoms with Crippen molar-refractivity contribution in [2.75, 3.05) is 13.6 Å². The monoisotopic (exact) mass is 312 g/mol. The van der Waals surface area contributed by atoms with Gasteiger partial charge in [0, 0.05) is 22.6 Å². The Bertz CT molecular complexity index is 563. The number of benzene rings is 1. The highest BCUT2D eigenvalue weighted by Crippen LogP contribution is 2.27. The van der Waals surface area contributed by atoms with Gasteiger partial charge in [-0.2, -0.15) is 0 Å². The first-order valence-corrected chi connectivity index (χ1v) is 7.17. The Labute approximate surface area is 129 Å². The van der Waals surface area contributed by atoms with E-state index in [-0.39, 0.29) is 6.04 Å². The minimum Gasteiger partial charge on any atom is -0.465 e. The first-order valence-electron chi connectivity index (χ1n) is 6.41. The van der Waals surface area contributed by atoms with Gasteiger partial charge in [0.1, 0.15) is 11.5 Å². The lowest BCUT2D eigenvalue weighted by Crippen LogP contribution is -2.30. The van der Waals surface area contributed by atoms with Crippen molar-refractivity contribution >= 4 is 23.2 Å². The number of rotatable bonds is 5. The molecule has 0 aliphatic carbocycles. The van der Waals surface area contributed by atoms with Crippen LogP contribution in [0.5, 0.6) is 0 Å². The van der Waals surface area contributed by atoms with Gasteiger partial charge in [-0.05, 0) is 49.9 Å². The van der Waals surface area contributed by atoms with E-state index >= 15 is 0 Å². The van der Waals surface area contributed by atoms with Crippen molar-refractivity contribution in [2.45, 2.75) is 19.5 Å². The minimum absolute atomic E-state index is 0.0385. The van der Waals surface area contributed by atoms with Crippen LogP contribution in [0.1, 0.15) is 23.1 Å². The van der Waals surface area contributed by atoms with Gasteiger partial charge in [-0.15, -0.1) is 0 Å². The van der Waals surface area contributed by atoms with Gasteiger partial charge in [0.15, 0.2) is 0 Å². The van der Waals surface area contributed by atoms with Crippen molar-refractivity contribution in [3.05, 3.63) is 57.5 Å². The molecule has 2 rings (SSSR count). The molecule has 0 saturated heterocycles. The van der Waals surface area contributed by atoms with E-state index in [0.717, 1.165) is 17.1 Å². The van der Waals surface area contributed by atoms with E-state index in [9.17, 15) is 0 Å². The maximum absolute atomic E-state index is 6.06. The highest BCUT2D eigenvalue weighted by molar-refractivity contribution is 6.34. The standard InChI is InChI=1S/C15H18Cl2N2O/c1-10-3-4-14(20-10)9-19(2)15(8-18)11-5-12(16)7-13(17)6-11/h3-7,15H,8-9,18H2,1-2H3. The summed E-state index contributed by atoms with van der Waals surface area (Å²) in [5.41, 5.74) is 6.92. The van der Waals surface area contributed by atoms with Crippen molar-refractivity contribution in [3.8, 4) is 0 Å². The Morgan fingerprint density at radius 2 is 1.85 bits per heavy atom. The summed E-state index contributed by atoms with van der Waals surface area (Å²) in [7, 11) is 2.00. The van der Waals surface area contributed by atoms with E-state index < -0.39 is 0 Å². The lowest BCUT2D eigenvalue weighted by Gasteiger charge is -2.26. The first-order chi connectivity index (χ1) is 9.49. The normalized spacial score (nSPS) is 12.9. The Kier molecular flexibility index (Phi) is 5.11. The summed E-state index contributed by atoms with van der Waals surface area (Å²) in [5.74, 6) is 1.82. The van der Waals surface area contributed by atoms with Crippen molar-refractivity contribution in [1.82, 2.24) is 4.90 Å². The Balaban J connectivity index is 2.18. The molecule has 0 aliphatic heterocycles. The maximum atomic E-state index is 6.06. The van der Waals surface area contributed by atoms with Crippen LogP contribution in [0.4, 0.5) is 0 Å². The summed E-state index contributed by atoms with van der Waals surface area (Å²) in [6.07, 6.45) is 0. The third kappa shape index (κ3) is 3.76. The molecule has 3 nitrogen and oxygen atoms in total. The predicted octanol–water partition coefficient (Wildman–Crippen LogP) is 4.03. The van der Waals surface area contributed by atoms with Crippen LogP contribution in [-0.4, -0.2) is 18.5 Å². The van der Waals surface area contributed by atoms with Gasteiger partial charge in [-0.25, -0.2) is 0 Å². The Hall–Kier alpha value is -1.00. The molecule has 0 bridgehead atoms. The van der Waals surface area contributed by atoms with Gasteiger partial charge >= 0.3 is 0 Å². The second kappa shape index (κ2) is 6.64. The number of hydrogen-bond donors (Lipinski definition) is 1. The van der Waals surface area contributed by atoms with Crippen molar-refractivity contribution in [2.24, 2.45) is 5.73 Å². The number of halogens is 2. The molecule has 0 aliphatic rings. The second-order valence-electron chi connectivity index (χ2n) is 4.88. The molecule has 0 saturated carbocycles. The smallest absolute Gasteiger partial charge is 0.118 e. The largest absolute Gasteiger partial charge is 0.465 e. The number of likely N-dealkylation sites (N-methyl/N-ethyl adjacent to an activating group) is 1. The minimum atomic E-state index is 0.0385. The summed E-state index contributed by atoms with van der Waals surface area (Å²) >= 11 is 12.1. The van der Waals surface area contributed by atoms with E-state index in [0.29, 0.717) is 23.1 Å². The molecule has 1 aromatic heterocycles. The van der Waals surface area contributed by atoms with E-state index in [2.05, 4.69) is 4.90 Å². The fraction of sp³-hybridized carbons (Fsp3) is 0.333. The Morgan fingerprint density at radius 1 is 1.20 bits per heavy atom. The molecule has 0 spiro atoms. The molecule has 2 N–H and O–H groups in total. The third-order valence-electron chi connectivity index (χ3n) is 3.23. The summed E-state index contributed by atoms with van der Waals surface area (Å²) in [5, 5.41) is 1.24. The molecule has 108 valence electrons. The zero-order valence-electron chi connectivity index (χ0n) is 11.6. The van der Waals surface area contributed by atoms with Crippen LogP contribution in [-0.2, 0) is 6.54 Å². The molecule has 0 amide bonds. The zero-order chi connectivity index (χ0) is 14.7. The van der Waals surface area contributed by atoms with Gasteiger partial charge in [-0.3, -0.25) is 4.90 Å². The molecule has 20 heavy (non-hydrogen) atoms. The number of furan rings is 1. The van der Waals surface area contributed by atoms with Crippen LogP contribution >= 0.6 is 23.2 Å². The first kappa shape index (κ1) is 15.4. The van der Waals surface area contributed by atoms with Gasteiger partial charge in [0.05, 0.1) is 6.54 Å². The van der Waals surface area contributed by atoms with E-state index in [1.807, 2.05) is 38.2 Å². The number of nitrogens with zero attached hydrogens (tertiary/aromatic N) is 1. The SMILES string of the molecule is Cc1ccc(CN(C)C(CN)c2cc(Cl)cc(Cl)c2)o1.